The highest BCUT2D eigenvalue weighted by atomic mass is 35.5. The number of hydrogen-bond donors (Lipinski definition) is 1. The lowest BCUT2D eigenvalue weighted by atomic mass is 9.87. The van der Waals surface area contributed by atoms with Gasteiger partial charge in [0.2, 0.25) is 5.28 Å². The van der Waals surface area contributed by atoms with Crippen molar-refractivity contribution in [3.8, 4) is 11.1 Å². The summed E-state index contributed by atoms with van der Waals surface area (Å²) in [7, 11) is 0. The molecule has 4 nitrogen and oxygen atoms in total. The molecule has 0 radical (unpaired) electrons. The van der Waals surface area contributed by atoms with E-state index in [0.29, 0.717) is 6.04 Å². The summed E-state index contributed by atoms with van der Waals surface area (Å²) in [6.07, 6.45) is 10.2. The van der Waals surface area contributed by atoms with Crippen molar-refractivity contribution in [2.45, 2.75) is 38.6 Å². The van der Waals surface area contributed by atoms with E-state index in [1.165, 1.54) is 25.7 Å². The zero-order chi connectivity index (χ0) is 14.7. The number of aromatic nitrogens is 3. The average Bonchev–Trinajstić information content (AvgIpc) is 2.51. The van der Waals surface area contributed by atoms with E-state index in [4.69, 9.17) is 11.6 Å². The lowest BCUT2D eigenvalue weighted by molar-refractivity contribution is 0.361. The van der Waals surface area contributed by atoms with Gasteiger partial charge in [-0.1, -0.05) is 6.92 Å². The second kappa shape index (κ2) is 6.39. The molecule has 1 fully saturated rings. The smallest absolute Gasteiger partial charge is 0.224 e. The van der Waals surface area contributed by atoms with E-state index in [1.54, 1.807) is 18.6 Å². The Kier molecular flexibility index (Phi) is 4.34. The summed E-state index contributed by atoms with van der Waals surface area (Å²) in [5.41, 5.74) is 2.02. The van der Waals surface area contributed by atoms with Gasteiger partial charge in [-0.25, -0.2) is 9.97 Å². The fraction of sp³-hybridized carbons (Fsp3) is 0.438. The molecule has 1 saturated carbocycles. The molecule has 110 valence electrons. The number of nitrogens with one attached hydrogen (secondary N) is 1. The second-order valence-electron chi connectivity index (χ2n) is 5.74. The van der Waals surface area contributed by atoms with Crippen LogP contribution in [0.15, 0.2) is 30.7 Å². The summed E-state index contributed by atoms with van der Waals surface area (Å²) in [6, 6.07) is 4.38. The van der Waals surface area contributed by atoms with Crippen molar-refractivity contribution in [2.24, 2.45) is 5.92 Å². The van der Waals surface area contributed by atoms with Gasteiger partial charge in [-0.15, -0.1) is 0 Å². The molecule has 1 aliphatic rings. The molecule has 0 amide bonds. The van der Waals surface area contributed by atoms with E-state index >= 15 is 0 Å². The summed E-state index contributed by atoms with van der Waals surface area (Å²) in [5.74, 6) is 1.65. The molecule has 0 bridgehead atoms. The van der Waals surface area contributed by atoms with Gasteiger partial charge in [0.1, 0.15) is 5.82 Å². The predicted molar refractivity (Wildman–Crippen MR) is 85.3 cm³/mol. The molecular formula is C16H19ClN4. The van der Waals surface area contributed by atoms with Gasteiger partial charge >= 0.3 is 0 Å². The van der Waals surface area contributed by atoms with Crippen LogP contribution >= 0.6 is 11.6 Å². The summed E-state index contributed by atoms with van der Waals surface area (Å²) < 4.78 is 0. The number of halogens is 1. The number of nitrogens with zero attached hydrogens (tertiary/aromatic N) is 3. The lowest BCUT2D eigenvalue weighted by Gasteiger charge is -2.28. The Hall–Kier alpha value is -1.68. The van der Waals surface area contributed by atoms with E-state index in [1.807, 2.05) is 12.1 Å². The van der Waals surface area contributed by atoms with E-state index in [9.17, 15) is 0 Å². The minimum absolute atomic E-state index is 0.277. The highest BCUT2D eigenvalue weighted by Crippen LogP contribution is 2.30. The minimum atomic E-state index is 0.277. The van der Waals surface area contributed by atoms with Crippen LogP contribution in [0.3, 0.4) is 0 Å². The van der Waals surface area contributed by atoms with E-state index in [-0.39, 0.29) is 5.28 Å². The molecule has 2 heterocycles. The first-order valence-corrected chi connectivity index (χ1v) is 7.79. The van der Waals surface area contributed by atoms with Gasteiger partial charge in [0.05, 0.1) is 0 Å². The summed E-state index contributed by atoms with van der Waals surface area (Å²) >= 11 is 5.97. The maximum Gasteiger partial charge on any atom is 0.224 e. The van der Waals surface area contributed by atoms with Crippen LogP contribution in [0, 0.1) is 5.92 Å². The Morgan fingerprint density at radius 2 is 1.86 bits per heavy atom. The van der Waals surface area contributed by atoms with Gasteiger partial charge in [-0.3, -0.25) is 4.98 Å². The molecule has 0 saturated heterocycles. The first kappa shape index (κ1) is 14.3. The number of hydrogen-bond acceptors (Lipinski definition) is 4. The van der Waals surface area contributed by atoms with Crippen LogP contribution in [-0.2, 0) is 0 Å². The highest BCUT2D eigenvalue weighted by Gasteiger charge is 2.20. The van der Waals surface area contributed by atoms with Crippen LogP contribution in [0.25, 0.3) is 11.1 Å². The molecule has 0 atom stereocenters. The average molecular weight is 303 g/mol. The molecule has 21 heavy (non-hydrogen) atoms. The fourth-order valence-corrected chi connectivity index (χ4v) is 2.94. The Bertz CT molecular complexity index is 594. The first-order valence-electron chi connectivity index (χ1n) is 7.42. The summed E-state index contributed by atoms with van der Waals surface area (Å²) in [4.78, 5) is 12.6. The van der Waals surface area contributed by atoms with Gasteiger partial charge in [-0.05, 0) is 60.9 Å². The van der Waals surface area contributed by atoms with Gasteiger partial charge in [0, 0.05) is 30.2 Å². The van der Waals surface area contributed by atoms with Gasteiger partial charge in [0.25, 0.3) is 0 Å². The number of anilines is 1. The molecule has 5 heteroatoms. The van der Waals surface area contributed by atoms with Gasteiger partial charge < -0.3 is 5.32 Å². The quantitative estimate of drug-likeness (QED) is 0.864. The summed E-state index contributed by atoms with van der Waals surface area (Å²) in [6.45, 7) is 2.32. The van der Waals surface area contributed by atoms with Crippen molar-refractivity contribution >= 4 is 17.4 Å². The van der Waals surface area contributed by atoms with E-state index in [2.05, 4.69) is 27.2 Å². The van der Waals surface area contributed by atoms with E-state index in [0.717, 1.165) is 22.9 Å². The van der Waals surface area contributed by atoms with Crippen LogP contribution < -0.4 is 5.32 Å². The largest absolute Gasteiger partial charge is 0.367 e. The second-order valence-corrected chi connectivity index (χ2v) is 6.08. The Morgan fingerprint density at radius 3 is 2.57 bits per heavy atom. The monoisotopic (exact) mass is 302 g/mol. The maximum atomic E-state index is 5.97. The molecule has 0 unspecified atom stereocenters. The third kappa shape index (κ3) is 3.50. The normalized spacial score (nSPS) is 22.0. The molecule has 0 spiro atoms. The maximum absolute atomic E-state index is 5.97. The molecule has 1 aliphatic carbocycles. The van der Waals surface area contributed by atoms with Crippen molar-refractivity contribution < 1.29 is 0 Å². The molecule has 0 aromatic carbocycles. The third-order valence-corrected chi connectivity index (χ3v) is 4.29. The van der Waals surface area contributed by atoms with Gasteiger partial charge in [-0.2, -0.15) is 0 Å². The first-order chi connectivity index (χ1) is 10.2. The van der Waals surface area contributed by atoms with Crippen molar-refractivity contribution in [1.82, 2.24) is 15.0 Å². The SMILES string of the molecule is C[C@H]1CC[C@@H](Nc2nc(Cl)ncc2-c2ccncc2)CC1. The van der Waals surface area contributed by atoms with Gasteiger partial charge in [0.15, 0.2) is 0 Å². The van der Waals surface area contributed by atoms with E-state index < -0.39 is 0 Å². The van der Waals surface area contributed by atoms with Crippen molar-refractivity contribution in [1.29, 1.82) is 0 Å². The van der Waals surface area contributed by atoms with Crippen molar-refractivity contribution in [2.75, 3.05) is 5.32 Å². The van der Waals surface area contributed by atoms with Crippen LogP contribution in [0.4, 0.5) is 5.82 Å². The van der Waals surface area contributed by atoms with Crippen LogP contribution in [0.1, 0.15) is 32.6 Å². The highest BCUT2D eigenvalue weighted by molar-refractivity contribution is 6.28. The molecule has 0 aliphatic heterocycles. The Labute approximate surface area is 130 Å². The third-order valence-electron chi connectivity index (χ3n) is 4.11. The molecular weight excluding hydrogens is 284 g/mol. The zero-order valence-corrected chi connectivity index (χ0v) is 12.8. The number of pyridine rings is 1. The van der Waals surface area contributed by atoms with Crippen LogP contribution in [0.5, 0.6) is 0 Å². The minimum Gasteiger partial charge on any atom is -0.367 e. The Morgan fingerprint density at radius 1 is 1.14 bits per heavy atom. The van der Waals surface area contributed by atoms with Crippen LogP contribution in [-0.4, -0.2) is 21.0 Å². The number of rotatable bonds is 3. The summed E-state index contributed by atoms with van der Waals surface area (Å²) in [5, 5.41) is 3.83. The van der Waals surface area contributed by atoms with Crippen LogP contribution in [0.2, 0.25) is 5.28 Å². The standard InChI is InChI=1S/C16H19ClN4/c1-11-2-4-13(5-3-11)20-15-14(10-19-16(17)21-15)12-6-8-18-9-7-12/h6-11,13H,2-5H2,1H3,(H,19,20,21)/t11-,13+. The fourth-order valence-electron chi connectivity index (χ4n) is 2.81. The molecule has 1 N–H and O–H groups in total. The predicted octanol–water partition coefficient (Wildman–Crippen LogP) is 4.18. The molecule has 2 aromatic rings. The molecule has 3 rings (SSSR count). The topological polar surface area (TPSA) is 50.7 Å². The van der Waals surface area contributed by atoms with Crippen molar-refractivity contribution in [3.05, 3.63) is 36.0 Å². The Balaban J connectivity index is 1.85. The lowest BCUT2D eigenvalue weighted by Crippen LogP contribution is -2.26. The zero-order valence-electron chi connectivity index (χ0n) is 12.1. The van der Waals surface area contributed by atoms with Crippen molar-refractivity contribution in [3.63, 3.8) is 0 Å². The molecule has 2 aromatic heterocycles.